The predicted molar refractivity (Wildman–Crippen MR) is 115 cm³/mol. The molecular formula is C23H26F3N3O4. The van der Waals surface area contributed by atoms with Crippen molar-refractivity contribution >= 4 is 17.7 Å². The number of fused-ring (bicyclic) bond motifs is 1. The van der Waals surface area contributed by atoms with E-state index >= 15 is 0 Å². The van der Waals surface area contributed by atoms with Crippen LogP contribution in [0.2, 0.25) is 0 Å². The lowest BCUT2D eigenvalue weighted by Crippen LogP contribution is -2.38. The Balaban J connectivity index is 1.86. The van der Waals surface area contributed by atoms with Crippen LogP contribution in [0, 0.1) is 5.92 Å². The molecule has 1 aliphatic heterocycles. The molecule has 0 bridgehead atoms. The van der Waals surface area contributed by atoms with E-state index in [1.165, 1.54) is 11.0 Å². The lowest BCUT2D eigenvalue weighted by atomic mass is 10.0. The average Bonchev–Trinajstić information content (AvgIpc) is 2.90. The molecule has 1 aliphatic rings. The number of carbonyl (C=O) groups is 2. The molecule has 0 saturated heterocycles. The number of aromatic nitrogens is 1. The maximum absolute atomic E-state index is 13.2. The van der Waals surface area contributed by atoms with Gasteiger partial charge in [0.2, 0.25) is 5.91 Å². The first-order valence-corrected chi connectivity index (χ1v) is 10.6. The van der Waals surface area contributed by atoms with Crippen molar-refractivity contribution in [3.63, 3.8) is 0 Å². The Morgan fingerprint density at radius 1 is 1.27 bits per heavy atom. The predicted octanol–water partition coefficient (Wildman–Crippen LogP) is 4.15. The third-order valence-corrected chi connectivity index (χ3v) is 5.12. The van der Waals surface area contributed by atoms with E-state index in [0.717, 1.165) is 6.07 Å². The standard InChI is InChI=1S/C23H26F3N3O4/c1-14(2)13-33-16-5-3-4-15(10-16)11-20(30)29-9-8-27-22-17(18(29)12-21(31)32)6-7-19(28-22)23(24,25)26/h3-7,10,14,18H,8-9,11-13H2,1-2H3,(H,27,28)(H,31,32)/t18-/m1/s1. The van der Waals surface area contributed by atoms with Gasteiger partial charge in [0, 0.05) is 18.7 Å². The highest BCUT2D eigenvalue weighted by Crippen LogP contribution is 2.36. The molecule has 10 heteroatoms. The fraction of sp³-hybridized carbons (Fsp3) is 0.435. The van der Waals surface area contributed by atoms with Gasteiger partial charge in [-0.05, 0) is 29.7 Å². The van der Waals surface area contributed by atoms with Crippen molar-refractivity contribution in [3.8, 4) is 5.75 Å². The number of hydrogen-bond acceptors (Lipinski definition) is 5. The number of carboxylic acid groups (broad SMARTS) is 1. The molecule has 1 atom stereocenters. The van der Waals surface area contributed by atoms with E-state index in [9.17, 15) is 27.9 Å². The van der Waals surface area contributed by atoms with Gasteiger partial charge in [-0.25, -0.2) is 4.98 Å². The number of aliphatic carboxylic acids is 1. The topological polar surface area (TPSA) is 91.8 Å². The number of pyridine rings is 1. The van der Waals surface area contributed by atoms with Crippen LogP contribution in [0.3, 0.4) is 0 Å². The fourth-order valence-electron chi connectivity index (χ4n) is 3.63. The molecule has 7 nitrogen and oxygen atoms in total. The van der Waals surface area contributed by atoms with Crippen LogP contribution < -0.4 is 10.1 Å². The van der Waals surface area contributed by atoms with Gasteiger partial charge in [0.25, 0.3) is 0 Å². The molecule has 0 aliphatic carbocycles. The molecular weight excluding hydrogens is 439 g/mol. The minimum Gasteiger partial charge on any atom is -0.493 e. The molecule has 2 heterocycles. The smallest absolute Gasteiger partial charge is 0.433 e. The number of nitrogens with one attached hydrogen (secondary N) is 1. The van der Waals surface area contributed by atoms with E-state index in [-0.39, 0.29) is 36.8 Å². The van der Waals surface area contributed by atoms with Crippen LogP contribution in [0.15, 0.2) is 36.4 Å². The minimum atomic E-state index is -4.64. The van der Waals surface area contributed by atoms with Crippen molar-refractivity contribution in [1.29, 1.82) is 0 Å². The van der Waals surface area contributed by atoms with Crippen LogP contribution in [0.1, 0.15) is 43.1 Å². The number of ether oxygens (including phenoxy) is 1. The maximum Gasteiger partial charge on any atom is 0.433 e. The third-order valence-electron chi connectivity index (χ3n) is 5.12. The lowest BCUT2D eigenvalue weighted by Gasteiger charge is -2.29. The molecule has 0 fully saturated rings. The second-order valence-electron chi connectivity index (χ2n) is 8.29. The summed E-state index contributed by atoms with van der Waals surface area (Å²) in [5.74, 6) is -0.604. The number of hydrogen-bond donors (Lipinski definition) is 2. The zero-order valence-electron chi connectivity index (χ0n) is 18.4. The minimum absolute atomic E-state index is 0.00159. The lowest BCUT2D eigenvalue weighted by molar-refractivity contribution is -0.142. The van der Waals surface area contributed by atoms with Gasteiger partial charge in [0.15, 0.2) is 0 Å². The quantitative estimate of drug-likeness (QED) is 0.639. The maximum atomic E-state index is 13.2. The number of carbonyl (C=O) groups excluding carboxylic acids is 1. The Bertz CT molecular complexity index is 1010. The second-order valence-corrected chi connectivity index (χ2v) is 8.29. The Labute approximate surface area is 189 Å². The zero-order chi connectivity index (χ0) is 24.2. The van der Waals surface area contributed by atoms with Crippen molar-refractivity contribution in [3.05, 3.63) is 53.2 Å². The van der Waals surface area contributed by atoms with Crippen molar-refractivity contribution < 1.29 is 32.6 Å². The monoisotopic (exact) mass is 465 g/mol. The number of rotatable bonds is 7. The van der Waals surface area contributed by atoms with Crippen LogP contribution in [-0.2, 0) is 22.2 Å². The summed E-state index contributed by atoms with van der Waals surface area (Å²) < 4.78 is 45.0. The number of alkyl halides is 3. The Morgan fingerprint density at radius 2 is 2.03 bits per heavy atom. The van der Waals surface area contributed by atoms with Crippen LogP contribution >= 0.6 is 0 Å². The van der Waals surface area contributed by atoms with Crippen LogP contribution in [0.25, 0.3) is 0 Å². The average molecular weight is 465 g/mol. The highest BCUT2D eigenvalue weighted by molar-refractivity contribution is 5.81. The highest BCUT2D eigenvalue weighted by atomic mass is 19.4. The van der Waals surface area contributed by atoms with Crippen molar-refractivity contribution in [2.75, 3.05) is 25.0 Å². The van der Waals surface area contributed by atoms with Gasteiger partial charge in [-0.3, -0.25) is 9.59 Å². The van der Waals surface area contributed by atoms with E-state index in [1.807, 2.05) is 13.8 Å². The van der Waals surface area contributed by atoms with Crippen LogP contribution in [0.5, 0.6) is 5.75 Å². The molecule has 0 spiro atoms. The Kier molecular flexibility index (Phi) is 7.45. The summed E-state index contributed by atoms with van der Waals surface area (Å²) in [5.41, 5.74) is -0.149. The number of anilines is 1. The van der Waals surface area contributed by atoms with Gasteiger partial charge in [-0.15, -0.1) is 0 Å². The van der Waals surface area contributed by atoms with Crippen molar-refractivity contribution in [2.24, 2.45) is 5.92 Å². The van der Waals surface area contributed by atoms with Crippen molar-refractivity contribution in [1.82, 2.24) is 9.88 Å². The number of amides is 1. The zero-order valence-corrected chi connectivity index (χ0v) is 18.4. The van der Waals surface area contributed by atoms with Crippen molar-refractivity contribution in [2.45, 2.75) is 38.9 Å². The number of nitrogens with zero attached hydrogens (tertiary/aromatic N) is 2. The normalized spacial score (nSPS) is 16.1. The molecule has 2 N–H and O–H groups in total. The Morgan fingerprint density at radius 3 is 2.70 bits per heavy atom. The first-order valence-electron chi connectivity index (χ1n) is 10.6. The summed E-state index contributed by atoms with van der Waals surface area (Å²) in [4.78, 5) is 29.8. The number of carboxylic acids is 1. The first kappa shape index (κ1) is 24.3. The summed E-state index contributed by atoms with van der Waals surface area (Å²) in [7, 11) is 0. The molecule has 0 saturated carbocycles. The van der Waals surface area contributed by atoms with E-state index in [0.29, 0.717) is 23.8 Å². The number of benzene rings is 1. The summed E-state index contributed by atoms with van der Waals surface area (Å²) >= 11 is 0. The second kappa shape index (κ2) is 10.1. The van der Waals surface area contributed by atoms with Gasteiger partial charge >= 0.3 is 12.1 Å². The largest absolute Gasteiger partial charge is 0.493 e. The van der Waals surface area contributed by atoms with E-state index in [4.69, 9.17) is 4.74 Å². The molecule has 178 valence electrons. The van der Waals surface area contributed by atoms with E-state index < -0.39 is 30.3 Å². The van der Waals surface area contributed by atoms with Gasteiger partial charge in [-0.1, -0.05) is 32.0 Å². The first-order chi connectivity index (χ1) is 15.5. The van der Waals surface area contributed by atoms with Gasteiger partial charge in [0.05, 0.1) is 25.5 Å². The summed E-state index contributed by atoms with van der Waals surface area (Å²) in [6, 6.07) is 8.14. The molecule has 0 unspecified atom stereocenters. The summed E-state index contributed by atoms with van der Waals surface area (Å²) in [5, 5.41) is 12.2. The Hall–Kier alpha value is -3.30. The van der Waals surface area contributed by atoms with Gasteiger partial charge in [-0.2, -0.15) is 13.2 Å². The molecule has 1 aromatic carbocycles. The molecule has 33 heavy (non-hydrogen) atoms. The van der Waals surface area contributed by atoms with E-state index in [1.54, 1.807) is 24.3 Å². The van der Waals surface area contributed by atoms with E-state index in [2.05, 4.69) is 10.3 Å². The third kappa shape index (κ3) is 6.36. The highest BCUT2D eigenvalue weighted by Gasteiger charge is 2.36. The molecule has 1 aromatic heterocycles. The molecule has 2 aromatic rings. The number of halogens is 3. The fourth-order valence-corrected chi connectivity index (χ4v) is 3.63. The summed E-state index contributed by atoms with van der Waals surface area (Å²) in [6.45, 7) is 4.83. The molecule has 1 amide bonds. The SMILES string of the molecule is CC(C)COc1cccc(CC(=O)N2CCNc3nc(C(F)(F)F)ccc3[C@H]2CC(=O)O)c1. The van der Waals surface area contributed by atoms with Crippen LogP contribution in [0.4, 0.5) is 19.0 Å². The van der Waals surface area contributed by atoms with Gasteiger partial charge < -0.3 is 20.1 Å². The van der Waals surface area contributed by atoms with Gasteiger partial charge in [0.1, 0.15) is 17.3 Å². The summed E-state index contributed by atoms with van der Waals surface area (Å²) in [6.07, 6.45) is -5.09. The molecule has 0 radical (unpaired) electrons. The van der Waals surface area contributed by atoms with Crippen LogP contribution in [-0.4, -0.2) is 46.6 Å². The molecule has 3 rings (SSSR count).